The normalized spacial score (nSPS) is 11.5. The number of amides is 1. The summed E-state index contributed by atoms with van der Waals surface area (Å²) in [4.78, 5) is 19.4. The van der Waals surface area contributed by atoms with Gasteiger partial charge in [0.2, 0.25) is 15.9 Å². The molecule has 0 bridgehead atoms. The second-order valence-corrected chi connectivity index (χ2v) is 12.1. The topological polar surface area (TPSA) is 104 Å². The van der Waals surface area contributed by atoms with Gasteiger partial charge in [0, 0.05) is 73.3 Å². The van der Waals surface area contributed by atoms with Crippen LogP contribution in [0.25, 0.3) is 10.9 Å². The lowest BCUT2D eigenvalue weighted by molar-refractivity contribution is -0.116. The Hall–Kier alpha value is -3.86. The van der Waals surface area contributed by atoms with E-state index >= 15 is 0 Å². The number of pyridine rings is 1. The number of anilines is 3. The van der Waals surface area contributed by atoms with E-state index in [4.69, 9.17) is 16.3 Å². The number of methoxy groups -OCH3 is 1. The molecule has 0 aliphatic rings. The van der Waals surface area contributed by atoms with Gasteiger partial charge in [-0.05, 0) is 79.7 Å². The standard InChI is InChI=1S/C30H34ClN5O4S/c1-21-19-29(27-20-22(31)5-14-28(27)33-21)32-16-18-36(41(38,39)26-12-10-25(40-4)11-13-26)17-15-30(37)34-23-6-8-24(9-7-23)35(2)3/h5-14,19-20H,15-18H2,1-4H3,(H,32,33)(H,34,37). The fourth-order valence-electron chi connectivity index (χ4n) is 4.33. The van der Waals surface area contributed by atoms with E-state index in [0.29, 0.717) is 23.0 Å². The SMILES string of the molecule is COc1ccc(S(=O)(=O)N(CCNc2cc(C)nc3ccc(Cl)cc23)CCC(=O)Nc2ccc(N(C)C)cc2)cc1. The Bertz CT molecular complexity index is 1610. The van der Waals surface area contributed by atoms with Crippen LogP contribution < -0.4 is 20.3 Å². The maximum absolute atomic E-state index is 13.7. The van der Waals surface area contributed by atoms with E-state index in [1.807, 2.05) is 68.4 Å². The third-order valence-corrected chi connectivity index (χ3v) is 8.68. The molecule has 0 atom stereocenters. The minimum atomic E-state index is -3.90. The highest BCUT2D eigenvalue weighted by molar-refractivity contribution is 7.89. The number of aromatic nitrogens is 1. The van der Waals surface area contributed by atoms with Gasteiger partial charge in [-0.15, -0.1) is 0 Å². The van der Waals surface area contributed by atoms with Crippen molar-refractivity contribution in [2.24, 2.45) is 0 Å². The second kappa shape index (κ2) is 13.2. The quantitative estimate of drug-likeness (QED) is 0.226. The van der Waals surface area contributed by atoms with Gasteiger partial charge in [-0.25, -0.2) is 8.42 Å². The predicted octanol–water partition coefficient (Wildman–Crippen LogP) is 5.40. The van der Waals surface area contributed by atoms with Crippen molar-refractivity contribution in [1.82, 2.24) is 9.29 Å². The van der Waals surface area contributed by atoms with Gasteiger partial charge in [-0.1, -0.05) is 11.6 Å². The number of ether oxygens (including phenoxy) is 1. The molecule has 1 aromatic heterocycles. The molecular formula is C30H34ClN5O4S. The summed E-state index contributed by atoms with van der Waals surface area (Å²) in [6.45, 7) is 2.32. The van der Waals surface area contributed by atoms with Crippen LogP contribution in [0.1, 0.15) is 12.1 Å². The molecule has 11 heteroatoms. The summed E-state index contributed by atoms with van der Waals surface area (Å²) in [6, 6.07) is 21.0. The van der Waals surface area contributed by atoms with E-state index in [9.17, 15) is 13.2 Å². The lowest BCUT2D eigenvalue weighted by atomic mass is 10.1. The zero-order valence-electron chi connectivity index (χ0n) is 23.5. The number of nitrogens with zero attached hydrogens (tertiary/aromatic N) is 3. The number of benzene rings is 3. The minimum absolute atomic E-state index is 0.000391. The van der Waals surface area contributed by atoms with E-state index in [1.165, 1.54) is 23.5 Å². The summed E-state index contributed by atoms with van der Waals surface area (Å²) >= 11 is 6.22. The fourth-order valence-corrected chi connectivity index (χ4v) is 5.95. The molecule has 0 radical (unpaired) electrons. The lowest BCUT2D eigenvalue weighted by Crippen LogP contribution is -2.37. The number of rotatable bonds is 12. The van der Waals surface area contributed by atoms with Crippen molar-refractivity contribution in [2.75, 3.05) is 56.4 Å². The first-order valence-electron chi connectivity index (χ1n) is 13.1. The van der Waals surface area contributed by atoms with Crippen LogP contribution in [0.2, 0.25) is 5.02 Å². The van der Waals surface area contributed by atoms with Crippen LogP contribution in [0.5, 0.6) is 5.75 Å². The van der Waals surface area contributed by atoms with Gasteiger partial charge in [0.15, 0.2) is 0 Å². The van der Waals surface area contributed by atoms with Crippen LogP contribution in [-0.2, 0) is 14.8 Å². The molecule has 0 aliphatic heterocycles. The van der Waals surface area contributed by atoms with E-state index < -0.39 is 10.0 Å². The lowest BCUT2D eigenvalue weighted by Gasteiger charge is -2.23. The summed E-state index contributed by atoms with van der Waals surface area (Å²) < 4.78 is 33.8. The Labute approximate surface area is 246 Å². The van der Waals surface area contributed by atoms with Crippen molar-refractivity contribution in [3.05, 3.63) is 83.5 Å². The number of hydrogen-bond acceptors (Lipinski definition) is 7. The Balaban J connectivity index is 1.50. The average molecular weight is 596 g/mol. The number of hydrogen-bond donors (Lipinski definition) is 2. The molecule has 4 aromatic rings. The summed E-state index contributed by atoms with van der Waals surface area (Å²) in [5.41, 5.74) is 4.06. The Morgan fingerprint density at radius 2 is 1.68 bits per heavy atom. The van der Waals surface area contributed by atoms with E-state index in [-0.39, 0.29) is 30.3 Å². The largest absolute Gasteiger partial charge is 0.497 e. The van der Waals surface area contributed by atoms with Gasteiger partial charge in [-0.2, -0.15) is 4.31 Å². The molecule has 0 spiro atoms. The predicted molar refractivity (Wildman–Crippen MR) is 166 cm³/mol. The van der Waals surface area contributed by atoms with Crippen molar-refractivity contribution < 1.29 is 17.9 Å². The first kappa shape index (κ1) is 30.1. The Kier molecular flexibility index (Phi) is 9.69. The summed E-state index contributed by atoms with van der Waals surface area (Å²) in [5, 5.41) is 7.61. The van der Waals surface area contributed by atoms with Gasteiger partial charge in [-0.3, -0.25) is 9.78 Å². The van der Waals surface area contributed by atoms with E-state index in [1.54, 1.807) is 18.2 Å². The van der Waals surface area contributed by atoms with Crippen LogP contribution in [0.3, 0.4) is 0 Å². The molecule has 216 valence electrons. The number of fused-ring (bicyclic) bond motifs is 1. The van der Waals surface area contributed by atoms with Crippen molar-refractivity contribution in [1.29, 1.82) is 0 Å². The van der Waals surface area contributed by atoms with Crippen LogP contribution in [-0.4, -0.2) is 64.5 Å². The Morgan fingerprint density at radius 1 is 0.976 bits per heavy atom. The molecule has 41 heavy (non-hydrogen) atoms. The smallest absolute Gasteiger partial charge is 0.243 e. The number of aryl methyl sites for hydroxylation is 1. The van der Waals surface area contributed by atoms with Gasteiger partial charge in [0.25, 0.3) is 0 Å². The van der Waals surface area contributed by atoms with Gasteiger partial charge in [0.1, 0.15) is 5.75 Å². The van der Waals surface area contributed by atoms with E-state index in [2.05, 4.69) is 15.6 Å². The second-order valence-electron chi connectivity index (χ2n) is 9.72. The van der Waals surface area contributed by atoms with Crippen molar-refractivity contribution in [3.63, 3.8) is 0 Å². The number of nitrogens with one attached hydrogen (secondary N) is 2. The summed E-state index contributed by atoms with van der Waals surface area (Å²) in [7, 11) is 1.49. The van der Waals surface area contributed by atoms with Crippen LogP contribution in [0.4, 0.5) is 17.1 Å². The molecular weight excluding hydrogens is 562 g/mol. The highest BCUT2D eigenvalue weighted by Gasteiger charge is 2.25. The number of carbonyl (C=O) groups excluding carboxylic acids is 1. The molecule has 0 aliphatic carbocycles. The van der Waals surface area contributed by atoms with Crippen molar-refractivity contribution in [3.8, 4) is 5.75 Å². The first-order chi connectivity index (χ1) is 19.6. The van der Waals surface area contributed by atoms with Crippen LogP contribution >= 0.6 is 11.6 Å². The Morgan fingerprint density at radius 3 is 2.34 bits per heavy atom. The molecule has 0 saturated heterocycles. The molecule has 0 fully saturated rings. The summed E-state index contributed by atoms with van der Waals surface area (Å²) in [5.74, 6) is 0.270. The zero-order chi connectivity index (χ0) is 29.6. The molecule has 9 nitrogen and oxygen atoms in total. The monoisotopic (exact) mass is 595 g/mol. The molecule has 3 aromatic carbocycles. The van der Waals surface area contributed by atoms with Crippen molar-refractivity contribution in [2.45, 2.75) is 18.2 Å². The van der Waals surface area contributed by atoms with Crippen molar-refractivity contribution >= 4 is 55.5 Å². The number of halogens is 1. The average Bonchev–Trinajstić information content (AvgIpc) is 2.95. The maximum atomic E-state index is 13.7. The summed E-state index contributed by atoms with van der Waals surface area (Å²) in [6.07, 6.45) is -0.0162. The highest BCUT2D eigenvalue weighted by Crippen LogP contribution is 2.27. The van der Waals surface area contributed by atoms with E-state index in [0.717, 1.165) is 28.0 Å². The molecule has 1 heterocycles. The third kappa shape index (κ3) is 7.66. The number of carbonyl (C=O) groups is 1. The molecule has 1 amide bonds. The number of sulfonamides is 1. The molecule has 2 N–H and O–H groups in total. The first-order valence-corrected chi connectivity index (χ1v) is 14.9. The van der Waals surface area contributed by atoms with Gasteiger partial charge >= 0.3 is 0 Å². The molecule has 4 rings (SSSR count). The third-order valence-electron chi connectivity index (χ3n) is 6.53. The zero-order valence-corrected chi connectivity index (χ0v) is 25.1. The maximum Gasteiger partial charge on any atom is 0.243 e. The van der Waals surface area contributed by atoms with Crippen LogP contribution in [0.15, 0.2) is 77.7 Å². The minimum Gasteiger partial charge on any atom is -0.497 e. The van der Waals surface area contributed by atoms with Gasteiger partial charge in [0.05, 0.1) is 17.5 Å². The van der Waals surface area contributed by atoms with Crippen LogP contribution in [0, 0.1) is 6.92 Å². The molecule has 0 saturated carbocycles. The molecule has 0 unspecified atom stereocenters. The fraction of sp³-hybridized carbons (Fsp3) is 0.267. The highest BCUT2D eigenvalue weighted by atomic mass is 35.5. The van der Waals surface area contributed by atoms with Gasteiger partial charge < -0.3 is 20.3 Å².